The summed E-state index contributed by atoms with van der Waals surface area (Å²) < 4.78 is 3.46. The molecular formula is C19H23N7OS. The molecule has 1 fully saturated rings. The second-order valence-corrected chi connectivity index (χ2v) is 8.34. The fourth-order valence-electron chi connectivity index (χ4n) is 3.82. The molecule has 0 radical (unpaired) electrons. The monoisotopic (exact) mass is 397 g/mol. The zero-order chi connectivity index (χ0) is 18.9. The van der Waals surface area contributed by atoms with Crippen LogP contribution in [0.2, 0.25) is 0 Å². The van der Waals surface area contributed by atoms with Crippen LogP contribution in [-0.2, 0) is 18.7 Å². The minimum absolute atomic E-state index is 0.0257. The van der Waals surface area contributed by atoms with Crippen molar-refractivity contribution in [1.29, 1.82) is 0 Å². The number of thioether (sulfide) groups is 1. The summed E-state index contributed by atoms with van der Waals surface area (Å²) in [5.74, 6) is 2.99. The molecule has 0 aromatic carbocycles. The van der Waals surface area contributed by atoms with Crippen LogP contribution < -0.4 is 10.5 Å². The molecular weight excluding hydrogens is 374 g/mol. The highest BCUT2D eigenvalue weighted by Crippen LogP contribution is 2.21. The lowest BCUT2D eigenvalue weighted by Crippen LogP contribution is -2.48. The molecule has 5 heterocycles. The van der Waals surface area contributed by atoms with Crippen molar-refractivity contribution in [3.63, 3.8) is 0 Å². The van der Waals surface area contributed by atoms with Crippen LogP contribution in [0.4, 0.5) is 5.82 Å². The molecule has 0 bridgehead atoms. The van der Waals surface area contributed by atoms with E-state index in [-0.39, 0.29) is 5.56 Å². The van der Waals surface area contributed by atoms with Crippen LogP contribution in [0.25, 0.3) is 5.65 Å². The first kappa shape index (κ1) is 17.7. The Morgan fingerprint density at radius 1 is 1.07 bits per heavy atom. The number of hydrogen-bond acceptors (Lipinski definition) is 7. The van der Waals surface area contributed by atoms with E-state index in [0.29, 0.717) is 6.54 Å². The summed E-state index contributed by atoms with van der Waals surface area (Å²) in [5.41, 5.74) is 3.11. The Morgan fingerprint density at radius 3 is 2.86 bits per heavy atom. The zero-order valence-corrected chi connectivity index (χ0v) is 16.5. The number of aromatic nitrogens is 5. The van der Waals surface area contributed by atoms with Gasteiger partial charge in [0.1, 0.15) is 5.82 Å². The van der Waals surface area contributed by atoms with E-state index in [1.54, 1.807) is 16.9 Å². The lowest BCUT2D eigenvalue weighted by atomic mass is 10.2. The van der Waals surface area contributed by atoms with Gasteiger partial charge in [-0.2, -0.15) is 16.9 Å². The van der Waals surface area contributed by atoms with Gasteiger partial charge in [0, 0.05) is 63.4 Å². The minimum Gasteiger partial charge on any atom is -0.353 e. The highest BCUT2D eigenvalue weighted by Gasteiger charge is 2.19. The Kier molecular flexibility index (Phi) is 4.77. The molecule has 0 spiro atoms. The van der Waals surface area contributed by atoms with Crippen LogP contribution in [0.15, 0.2) is 35.4 Å². The lowest BCUT2D eigenvalue weighted by molar-refractivity contribution is 0.241. The Labute approximate surface area is 167 Å². The SMILES string of the molecule is O=c1cc2c(nn1CCN1CCN(c3ccc4nccn4n3)CC1)CCSC2. The van der Waals surface area contributed by atoms with Crippen LogP contribution in [0.1, 0.15) is 11.3 Å². The normalized spacial score (nSPS) is 17.8. The lowest BCUT2D eigenvalue weighted by Gasteiger charge is -2.35. The number of anilines is 1. The summed E-state index contributed by atoms with van der Waals surface area (Å²) in [6.07, 6.45) is 4.60. The highest BCUT2D eigenvalue weighted by atomic mass is 32.2. The van der Waals surface area contributed by atoms with Crippen LogP contribution in [0, 0.1) is 0 Å². The molecule has 0 N–H and O–H groups in total. The summed E-state index contributed by atoms with van der Waals surface area (Å²) in [6, 6.07) is 5.82. The molecule has 0 aliphatic carbocycles. The van der Waals surface area contributed by atoms with Crippen molar-refractivity contribution in [1.82, 2.24) is 29.3 Å². The summed E-state index contributed by atoms with van der Waals surface area (Å²) in [5, 5.41) is 9.25. The Morgan fingerprint density at radius 2 is 1.96 bits per heavy atom. The molecule has 2 aliphatic rings. The van der Waals surface area contributed by atoms with Gasteiger partial charge in [0.25, 0.3) is 5.56 Å². The van der Waals surface area contributed by atoms with E-state index in [9.17, 15) is 4.79 Å². The van der Waals surface area contributed by atoms with Gasteiger partial charge < -0.3 is 4.90 Å². The van der Waals surface area contributed by atoms with Gasteiger partial charge in [0.2, 0.25) is 0 Å². The number of hydrogen-bond donors (Lipinski definition) is 0. The molecule has 8 nitrogen and oxygen atoms in total. The second kappa shape index (κ2) is 7.56. The summed E-state index contributed by atoms with van der Waals surface area (Å²) in [4.78, 5) is 21.3. The van der Waals surface area contributed by atoms with Crippen molar-refractivity contribution in [3.05, 3.63) is 52.2 Å². The molecule has 0 saturated carbocycles. The molecule has 1 saturated heterocycles. The first-order valence-electron chi connectivity index (χ1n) is 9.72. The topological polar surface area (TPSA) is 71.6 Å². The van der Waals surface area contributed by atoms with Gasteiger partial charge >= 0.3 is 0 Å². The van der Waals surface area contributed by atoms with Gasteiger partial charge in [-0.3, -0.25) is 9.69 Å². The fourth-order valence-corrected chi connectivity index (χ4v) is 4.78. The zero-order valence-electron chi connectivity index (χ0n) is 15.7. The van der Waals surface area contributed by atoms with Gasteiger partial charge in [-0.1, -0.05) is 0 Å². The number of aryl methyl sites for hydroxylation is 1. The third kappa shape index (κ3) is 3.51. The summed E-state index contributed by atoms with van der Waals surface area (Å²) in [6.45, 7) is 5.27. The number of imidazole rings is 1. The van der Waals surface area contributed by atoms with Crippen molar-refractivity contribution < 1.29 is 0 Å². The van der Waals surface area contributed by atoms with Crippen LogP contribution >= 0.6 is 11.8 Å². The molecule has 146 valence electrons. The largest absolute Gasteiger partial charge is 0.353 e. The van der Waals surface area contributed by atoms with Crippen molar-refractivity contribution in [2.45, 2.75) is 18.7 Å². The number of fused-ring (bicyclic) bond motifs is 2. The quantitative estimate of drug-likeness (QED) is 0.648. The van der Waals surface area contributed by atoms with E-state index in [0.717, 1.165) is 73.4 Å². The average molecular weight is 398 g/mol. The first-order chi connectivity index (χ1) is 13.8. The first-order valence-corrected chi connectivity index (χ1v) is 10.9. The maximum atomic E-state index is 12.3. The third-order valence-corrected chi connectivity index (χ3v) is 6.48. The predicted octanol–water partition coefficient (Wildman–Crippen LogP) is 0.897. The van der Waals surface area contributed by atoms with Crippen molar-refractivity contribution in [2.75, 3.05) is 43.4 Å². The van der Waals surface area contributed by atoms with Gasteiger partial charge in [-0.15, -0.1) is 5.10 Å². The smallest absolute Gasteiger partial charge is 0.267 e. The van der Waals surface area contributed by atoms with E-state index in [4.69, 9.17) is 0 Å². The van der Waals surface area contributed by atoms with Gasteiger partial charge in [0.05, 0.1) is 12.2 Å². The van der Waals surface area contributed by atoms with Gasteiger partial charge in [-0.25, -0.2) is 14.2 Å². The number of nitrogens with zero attached hydrogens (tertiary/aromatic N) is 7. The minimum atomic E-state index is 0.0257. The van der Waals surface area contributed by atoms with E-state index < -0.39 is 0 Å². The fraction of sp³-hybridized carbons (Fsp3) is 0.474. The molecule has 3 aromatic heterocycles. The Balaban J connectivity index is 1.19. The van der Waals surface area contributed by atoms with E-state index in [1.165, 1.54) is 0 Å². The predicted molar refractivity (Wildman–Crippen MR) is 110 cm³/mol. The Bertz CT molecular complexity index is 1040. The molecule has 0 unspecified atom stereocenters. The van der Waals surface area contributed by atoms with E-state index >= 15 is 0 Å². The molecule has 9 heteroatoms. The molecule has 0 atom stereocenters. The van der Waals surface area contributed by atoms with Crippen molar-refractivity contribution in [3.8, 4) is 0 Å². The molecule has 3 aromatic rings. The van der Waals surface area contributed by atoms with E-state index in [1.807, 2.05) is 34.6 Å². The molecule has 28 heavy (non-hydrogen) atoms. The molecule has 0 amide bonds. The summed E-state index contributed by atoms with van der Waals surface area (Å²) >= 11 is 1.88. The van der Waals surface area contributed by atoms with Gasteiger partial charge in [0.15, 0.2) is 5.65 Å². The molecule has 5 rings (SSSR count). The van der Waals surface area contributed by atoms with Crippen molar-refractivity contribution in [2.24, 2.45) is 0 Å². The van der Waals surface area contributed by atoms with Crippen molar-refractivity contribution >= 4 is 23.2 Å². The second-order valence-electron chi connectivity index (χ2n) is 7.23. The maximum absolute atomic E-state index is 12.3. The third-order valence-electron chi connectivity index (χ3n) is 5.47. The Hall–Kier alpha value is -2.39. The number of rotatable bonds is 4. The van der Waals surface area contributed by atoms with Gasteiger partial charge in [-0.05, 0) is 23.4 Å². The standard InChI is InChI=1S/C19H23N7OS/c27-19-13-15-14-28-12-3-16(15)21-26(19)11-8-23-6-9-24(10-7-23)18-2-1-17-20-4-5-25(17)22-18/h1-2,4-5,13H,3,6-12,14H2. The molecule has 2 aliphatic heterocycles. The summed E-state index contributed by atoms with van der Waals surface area (Å²) in [7, 11) is 0. The van der Waals surface area contributed by atoms with Crippen LogP contribution in [0.3, 0.4) is 0 Å². The van der Waals surface area contributed by atoms with Crippen LogP contribution in [0.5, 0.6) is 0 Å². The highest BCUT2D eigenvalue weighted by molar-refractivity contribution is 7.98. The maximum Gasteiger partial charge on any atom is 0.267 e. The average Bonchev–Trinajstić information content (AvgIpc) is 3.20. The number of piperazine rings is 1. The van der Waals surface area contributed by atoms with E-state index in [2.05, 4.69) is 25.0 Å². The van der Waals surface area contributed by atoms with Crippen LogP contribution in [-0.4, -0.2) is 67.8 Å².